The van der Waals surface area contributed by atoms with Crippen molar-refractivity contribution < 1.29 is 4.79 Å². The Bertz CT molecular complexity index is 713. The summed E-state index contributed by atoms with van der Waals surface area (Å²) in [6.45, 7) is 6.36. The fraction of sp³-hybridized carbons (Fsp3) is 0.654. The van der Waals surface area contributed by atoms with E-state index in [9.17, 15) is 4.79 Å². The van der Waals surface area contributed by atoms with Gasteiger partial charge in [-0.1, -0.05) is 30.7 Å². The van der Waals surface area contributed by atoms with Crippen LogP contribution < -0.4 is 16.0 Å². The normalized spacial score (nSPS) is 24.9. The van der Waals surface area contributed by atoms with Crippen molar-refractivity contribution >= 4 is 5.91 Å². The second kappa shape index (κ2) is 12.1. The zero-order valence-electron chi connectivity index (χ0n) is 19.8. The molecule has 31 heavy (non-hydrogen) atoms. The number of nitrogens with zero attached hydrogens (tertiary/aromatic N) is 1. The minimum absolute atomic E-state index is 0.0508. The molecule has 3 rings (SSSR count). The molecule has 2 heterocycles. The molecule has 0 aromatic heterocycles. The van der Waals surface area contributed by atoms with E-state index in [1.807, 2.05) is 26.2 Å². The third kappa shape index (κ3) is 6.73. The van der Waals surface area contributed by atoms with Gasteiger partial charge in [-0.2, -0.15) is 0 Å². The number of fused-ring (bicyclic) bond motifs is 1. The van der Waals surface area contributed by atoms with Crippen LogP contribution in [-0.2, 0) is 4.79 Å². The number of likely N-dealkylation sites (tertiary alicyclic amines) is 1. The maximum atomic E-state index is 11.8. The second-order valence-electron chi connectivity index (χ2n) is 9.22. The highest BCUT2D eigenvalue weighted by Crippen LogP contribution is 2.35. The number of allylic oxidation sites excluding steroid dienone is 4. The highest BCUT2D eigenvalue weighted by Gasteiger charge is 2.25. The van der Waals surface area contributed by atoms with Gasteiger partial charge in [-0.3, -0.25) is 4.79 Å². The first-order valence-electron chi connectivity index (χ1n) is 12.3. The van der Waals surface area contributed by atoms with Crippen molar-refractivity contribution in [3.63, 3.8) is 0 Å². The molecule has 0 bridgehead atoms. The predicted octanol–water partition coefficient (Wildman–Crippen LogP) is 3.73. The van der Waals surface area contributed by atoms with E-state index in [4.69, 9.17) is 0 Å². The van der Waals surface area contributed by atoms with E-state index in [1.54, 1.807) is 18.2 Å². The van der Waals surface area contributed by atoms with Gasteiger partial charge in [0.2, 0.25) is 5.91 Å². The molecule has 5 heteroatoms. The van der Waals surface area contributed by atoms with Crippen LogP contribution in [-0.4, -0.2) is 51.1 Å². The summed E-state index contributed by atoms with van der Waals surface area (Å²) in [6.07, 6.45) is 20.1. The number of nitrogens with one attached hydrogen (secondary N) is 3. The van der Waals surface area contributed by atoms with Crippen LogP contribution in [0.1, 0.15) is 51.9 Å². The number of rotatable bonds is 6. The van der Waals surface area contributed by atoms with Crippen LogP contribution in [0.4, 0.5) is 0 Å². The largest absolute Gasteiger partial charge is 0.392 e. The van der Waals surface area contributed by atoms with Gasteiger partial charge in [0.25, 0.3) is 0 Å². The summed E-state index contributed by atoms with van der Waals surface area (Å²) < 4.78 is 0. The smallest absolute Gasteiger partial charge is 0.226 e. The average Bonchev–Trinajstić information content (AvgIpc) is 2.97. The maximum Gasteiger partial charge on any atom is 0.226 e. The SMILES string of the molecule is CN/C=C(\C=C/C(C)C(=O)NC)N1CCC(C2=CCCC3CCCNCCC3=C2)CC1. The molecule has 0 aromatic rings. The molecule has 0 aromatic carbocycles. The Morgan fingerprint density at radius 2 is 1.97 bits per heavy atom. The highest BCUT2D eigenvalue weighted by molar-refractivity contribution is 5.79. The highest BCUT2D eigenvalue weighted by atomic mass is 16.1. The first kappa shape index (κ1) is 23.6. The lowest BCUT2D eigenvalue weighted by atomic mass is 9.85. The molecule has 3 N–H and O–H groups in total. The van der Waals surface area contributed by atoms with Crippen molar-refractivity contribution in [2.75, 3.05) is 40.3 Å². The van der Waals surface area contributed by atoms with Gasteiger partial charge in [0.15, 0.2) is 0 Å². The Labute approximate surface area is 189 Å². The molecule has 2 aliphatic heterocycles. The van der Waals surface area contributed by atoms with Crippen LogP contribution in [0.2, 0.25) is 0 Å². The van der Waals surface area contributed by atoms with Crippen molar-refractivity contribution in [3.05, 3.63) is 47.3 Å². The molecule has 0 radical (unpaired) electrons. The molecule has 2 saturated heterocycles. The molecule has 0 spiro atoms. The average molecular weight is 427 g/mol. The first-order chi connectivity index (χ1) is 15.1. The fourth-order valence-electron chi connectivity index (χ4n) is 5.17. The first-order valence-corrected chi connectivity index (χ1v) is 12.3. The summed E-state index contributed by atoms with van der Waals surface area (Å²) in [6, 6.07) is 0. The summed E-state index contributed by atoms with van der Waals surface area (Å²) in [4.78, 5) is 14.3. The lowest BCUT2D eigenvalue weighted by Crippen LogP contribution is -2.34. The lowest BCUT2D eigenvalue weighted by Gasteiger charge is -2.35. The molecule has 5 nitrogen and oxygen atoms in total. The van der Waals surface area contributed by atoms with Crippen molar-refractivity contribution in [3.8, 4) is 0 Å². The van der Waals surface area contributed by atoms with Crippen LogP contribution in [0.5, 0.6) is 0 Å². The van der Waals surface area contributed by atoms with Gasteiger partial charge in [0.05, 0.1) is 11.6 Å². The van der Waals surface area contributed by atoms with Crippen molar-refractivity contribution in [2.45, 2.75) is 51.9 Å². The van der Waals surface area contributed by atoms with Gasteiger partial charge in [-0.05, 0) is 81.5 Å². The van der Waals surface area contributed by atoms with E-state index >= 15 is 0 Å². The van der Waals surface area contributed by atoms with E-state index in [0.717, 1.165) is 31.2 Å². The van der Waals surface area contributed by atoms with Crippen molar-refractivity contribution in [2.24, 2.45) is 17.8 Å². The molecule has 1 aliphatic carbocycles. The molecule has 172 valence electrons. The van der Waals surface area contributed by atoms with Crippen LogP contribution in [0, 0.1) is 17.8 Å². The molecule has 2 unspecified atom stereocenters. The molecule has 2 fully saturated rings. The van der Waals surface area contributed by atoms with Gasteiger partial charge < -0.3 is 20.9 Å². The summed E-state index contributed by atoms with van der Waals surface area (Å²) in [7, 11) is 3.63. The van der Waals surface area contributed by atoms with Gasteiger partial charge in [0.1, 0.15) is 0 Å². The summed E-state index contributed by atoms with van der Waals surface area (Å²) >= 11 is 0. The fourth-order valence-corrected chi connectivity index (χ4v) is 5.17. The summed E-state index contributed by atoms with van der Waals surface area (Å²) in [5.74, 6) is 1.39. The van der Waals surface area contributed by atoms with E-state index in [2.05, 4.69) is 39.1 Å². The Balaban J connectivity index is 1.62. The molecular weight excluding hydrogens is 384 g/mol. The summed E-state index contributed by atoms with van der Waals surface area (Å²) in [5, 5.41) is 9.48. The van der Waals surface area contributed by atoms with E-state index < -0.39 is 0 Å². The van der Waals surface area contributed by atoms with Crippen molar-refractivity contribution in [1.29, 1.82) is 0 Å². The molecule has 0 saturated carbocycles. The van der Waals surface area contributed by atoms with E-state index in [-0.39, 0.29) is 11.8 Å². The second-order valence-corrected chi connectivity index (χ2v) is 9.22. The summed E-state index contributed by atoms with van der Waals surface area (Å²) in [5.41, 5.74) is 4.46. The third-order valence-corrected chi connectivity index (χ3v) is 7.11. The quantitative estimate of drug-likeness (QED) is 0.567. The van der Waals surface area contributed by atoms with Crippen molar-refractivity contribution in [1.82, 2.24) is 20.9 Å². The maximum absolute atomic E-state index is 11.8. The van der Waals surface area contributed by atoms with Gasteiger partial charge in [-0.15, -0.1) is 0 Å². The van der Waals surface area contributed by atoms with Gasteiger partial charge in [-0.25, -0.2) is 0 Å². The van der Waals surface area contributed by atoms with Gasteiger partial charge in [0, 0.05) is 33.4 Å². The Hall–Kier alpha value is -2.01. The lowest BCUT2D eigenvalue weighted by molar-refractivity contribution is -0.122. The van der Waals surface area contributed by atoms with Crippen LogP contribution in [0.15, 0.2) is 47.3 Å². The van der Waals surface area contributed by atoms with Gasteiger partial charge >= 0.3 is 0 Å². The minimum Gasteiger partial charge on any atom is -0.392 e. The van der Waals surface area contributed by atoms with E-state index in [0.29, 0.717) is 5.92 Å². The number of hydrogen-bond donors (Lipinski definition) is 3. The Morgan fingerprint density at radius 3 is 2.71 bits per heavy atom. The topological polar surface area (TPSA) is 56.4 Å². The molecule has 2 atom stereocenters. The van der Waals surface area contributed by atoms with Crippen LogP contribution in [0.25, 0.3) is 0 Å². The van der Waals surface area contributed by atoms with Crippen LogP contribution >= 0.6 is 0 Å². The molecular formula is C26H42N4O. The zero-order valence-corrected chi connectivity index (χ0v) is 19.8. The number of carbonyl (C=O) groups is 1. The number of hydrogen-bond acceptors (Lipinski definition) is 4. The molecule has 3 aliphatic rings. The Morgan fingerprint density at radius 1 is 1.16 bits per heavy atom. The molecule has 1 amide bonds. The number of amides is 1. The zero-order chi connectivity index (χ0) is 22.1. The minimum atomic E-state index is -0.128. The number of piperidine rings is 1. The van der Waals surface area contributed by atoms with Crippen LogP contribution in [0.3, 0.4) is 0 Å². The monoisotopic (exact) mass is 426 g/mol. The predicted molar refractivity (Wildman–Crippen MR) is 129 cm³/mol. The third-order valence-electron chi connectivity index (χ3n) is 7.11. The Kier molecular flexibility index (Phi) is 9.26. The number of carbonyl (C=O) groups excluding carboxylic acids is 1. The standard InChI is InChI=1S/C26H42N4O/c1-20(26(31)28-3)9-10-25(19-27-2)30-16-12-22(13-17-30)23-7-4-6-21-8-5-14-29-15-11-24(21)18-23/h7,9-10,18-22,27,29H,4-6,8,11-17H2,1-3H3,(H,28,31)/b10-9-,25-19+. The van der Waals surface area contributed by atoms with E-state index in [1.165, 1.54) is 51.5 Å².